The number of benzene rings is 1. The third-order valence-electron chi connectivity index (χ3n) is 4.27. The van der Waals surface area contributed by atoms with Gasteiger partial charge in [-0.1, -0.05) is 38.8 Å². The lowest BCUT2D eigenvalue weighted by Crippen LogP contribution is -2.45. The summed E-state index contributed by atoms with van der Waals surface area (Å²) >= 11 is 0. The second-order valence-corrected chi connectivity index (χ2v) is 6.16. The van der Waals surface area contributed by atoms with E-state index < -0.39 is 5.60 Å². The minimum absolute atomic E-state index is 0.0979. The van der Waals surface area contributed by atoms with E-state index >= 15 is 0 Å². The van der Waals surface area contributed by atoms with Crippen LogP contribution in [0.15, 0.2) is 24.3 Å². The van der Waals surface area contributed by atoms with E-state index in [2.05, 4.69) is 19.2 Å². The van der Waals surface area contributed by atoms with E-state index in [-0.39, 0.29) is 5.91 Å². The van der Waals surface area contributed by atoms with Gasteiger partial charge >= 0.3 is 0 Å². The summed E-state index contributed by atoms with van der Waals surface area (Å²) in [6.07, 6.45) is 4.75. The van der Waals surface area contributed by atoms with Crippen molar-refractivity contribution >= 4 is 5.91 Å². The minimum atomic E-state index is -0.726. The lowest BCUT2D eigenvalue weighted by Gasteiger charge is -2.35. The number of nitrogens with one attached hydrogen (secondary N) is 1. The van der Waals surface area contributed by atoms with Crippen LogP contribution in [0.4, 0.5) is 0 Å². The number of rotatable bonds is 4. The van der Waals surface area contributed by atoms with Crippen LogP contribution in [0, 0.1) is 5.92 Å². The Kier molecular flexibility index (Phi) is 4.81. The largest absolute Gasteiger partial charge is 0.388 e. The van der Waals surface area contributed by atoms with Gasteiger partial charge in [-0.3, -0.25) is 4.79 Å². The first-order chi connectivity index (χ1) is 9.52. The molecule has 0 saturated heterocycles. The molecule has 0 aliphatic heterocycles. The molecule has 2 unspecified atom stereocenters. The normalized spacial score (nSPS) is 26.2. The fourth-order valence-corrected chi connectivity index (χ4v) is 3.03. The molecule has 1 fully saturated rings. The predicted molar refractivity (Wildman–Crippen MR) is 80.7 cm³/mol. The molecule has 1 saturated carbocycles. The molecule has 2 N–H and O–H groups in total. The van der Waals surface area contributed by atoms with Crippen LogP contribution in [-0.4, -0.2) is 23.2 Å². The fourth-order valence-electron chi connectivity index (χ4n) is 3.03. The van der Waals surface area contributed by atoms with Crippen LogP contribution in [0.25, 0.3) is 0 Å². The number of carbonyl (C=O) groups is 1. The monoisotopic (exact) mass is 275 g/mol. The number of carbonyl (C=O) groups excluding carboxylic acids is 1. The lowest BCUT2D eigenvalue weighted by atomic mass is 9.79. The van der Waals surface area contributed by atoms with Gasteiger partial charge in [0.15, 0.2) is 0 Å². The van der Waals surface area contributed by atoms with Gasteiger partial charge < -0.3 is 10.4 Å². The maximum Gasteiger partial charge on any atom is 0.251 e. The van der Waals surface area contributed by atoms with Gasteiger partial charge in [-0.2, -0.15) is 0 Å². The molecule has 20 heavy (non-hydrogen) atoms. The minimum Gasteiger partial charge on any atom is -0.388 e. The summed E-state index contributed by atoms with van der Waals surface area (Å²) in [5.41, 5.74) is 1.16. The second kappa shape index (κ2) is 6.40. The summed E-state index contributed by atoms with van der Waals surface area (Å²) < 4.78 is 0. The molecule has 1 aliphatic rings. The number of aryl methyl sites for hydroxylation is 1. The molecule has 0 heterocycles. The van der Waals surface area contributed by atoms with Gasteiger partial charge in [0.25, 0.3) is 5.91 Å². The van der Waals surface area contributed by atoms with E-state index in [1.54, 1.807) is 0 Å². The van der Waals surface area contributed by atoms with Crippen molar-refractivity contribution in [1.82, 2.24) is 5.32 Å². The molecular formula is C17H25NO2. The standard InChI is InChI=1S/C17H25NO2/c1-3-14-6-8-15(9-7-14)16(19)18-12-17(20)10-4-5-13(2)11-17/h6-9,13,20H,3-5,10-12H2,1-2H3,(H,18,19). The van der Waals surface area contributed by atoms with Crippen molar-refractivity contribution in [3.63, 3.8) is 0 Å². The SMILES string of the molecule is CCc1ccc(C(=O)NCC2(O)CCCC(C)C2)cc1. The molecule has 2 atom stereocenters. The van der Waals surface area contributed by atoms with E-state index in [9.17, 15) is 9.90 Å². The first kappa shape index (κ1) is 15.0. The Morgan fingerprint density at radius 1 is 1.40 bits per heavy atom. The third kappa shape index (κ3) is 3.83. The van der Waals surface area contributed by atoms with Gasteiger partial charge in [-0.25, -0.2) is 0 Å². The zero-order chi connectivity index (χ0) is 14.6. The molecular weight excluding hydrogens is 250 g/mol. The van der Waals surface area contributed by atoms with Gasteiger partial charge in [0.05, 0.1) is 5.60 Å². The Balaban J connectivity index is 1.90. The van der Waals surface area contributed by atoms with E-state index in [1.165, 1.54) is 12.0 Å². The van der Waals surface area contributed by atoms with Gasteiger partial charge in [0.2, 0.25) is 0 Å². The molecule has 0 bridgehead atoms. The van der Waals surface area contributed by atoms with Crippen molar-refractivity contribution in [2.75, 3.05) is 6.54 Å². The van der Waals surface area contributed by atoms with Crippen LogP contribution in [-0.2, 0) is 6.42 Å². The molecule has 3 nitrogen and oxygen atoms in total. The van der Waals surface area contributed by atoms with Crippen molar-refractivity contribution in [3.05, 3.63) is 35.4 Å². The summed E-state index contributed by atoms with van der Waals surface area (Å²) in [4.78, 5) is 12.1. The van der Waals surface area contributed by atoms with Gasteiger partial charge in [0.1, 0.15) is 0 Å². The highest BCUT2D eigenvalue weighted by molar-refractivity contribution is 5.94. The zero-order valence-corrected chi connectivity index (χ0v) is 12.5. The average molecular weight is 275 g/mol. The molecule has 3 heteroatoms. The Morgan fingerprint density at radius 3 is 2.70 bits per heavy atom. The number of amides is 1. The van der Waals surface area contributed by atoms with Gasteiger partial charge in [-0.05, 0) is 42.9 Å². The summed E-state index contributed by atoms with van der Waals surface area (Å²) in [6.45, 7) is 4.61. The van der Waals surface area contributed by atoms with Crippen molar-refractivity contribution in [3.8, 4) is 0 Å². The van der Waals surface area contributed by atoms with Gasteiger partial charge in [0, 0.05) is 12.1 Å². The number of hydrogen-bond acceptors (Lipinski definition) is 2. The summed E-state index contributed by atoms with van der Waals surface area (Å²) in [6, 6.07) is 7.65. The van der Waals surface area contributed by atoms with Crippen molar-refractivity contribution in [1.29, 1.82) is 0 Å². The van der Waals surface area contributed by atoms with Crippen molar-refractivity contribution < 1.29 is 9.90 Å². The quantitative estimate of drug-likeness (QED) is 0.887. The molecule has 1 aromatic carbocycles. The maximum atomic E-state index is 12.1. The number of aliphatic hydroxyl groups is 1. The molecule has 1 aliphatic carbocycles. The van der Waals surface area contributed by atoms with Crippen LogP contribution in [0.1, 0.15) is 55.5 Å². The van der Waals surface area contributed by atoms with Crippen LogP contribution < -0.4 is 5.32 Å². The average Bonchev–Trinajstić information content (AvgIpc) is 2.45. The highest BCUT2D eigenvalue weighted by Crippen LogP contribution is 2.31. The Bertz CT molecular complexity index is 455. The zero-order valence-electron chi connectivity index (χ0n) is 12.5. The molecule has 0 aromatic heterocycles. The Hall–Kier alpha value is -1.35. The van der Waals surface area contributed by atoms with Crippen LogP contribution in [0.5, 0.6) is 0 Å². The molecule has 1 amide bonds. The second-order valence-electron chi connectivity index (χ2n) is 6.16. The van der Waals surface area contributed by atoms with E-state index in [4.69, 9.17) is 0 Å². The Labute approximate surface area is 121 Å². The summed E-state index contributed by atoms with van der Waals surface area (Å²) in [7, 11) is 0. The topological polar surface area (TPSA) is 49.3 Å². The first-order valence-corrected chi connectivity index (χ1v) is 7.62. The first-order valence-electron chi connectivity index (χ1n) is 7.62. The van der Waals surface area contributed by atoms with Crippen molar-refractivity contribution in [2.24, 2.45) is 5.92 Å². The Morgan fingerprint density at radius 2 is 2.10 bits per heavy atom. The van der Waals surface area contributed by atoms with E-state index in [0.29, 0.717) is 18.0 Å². The lowest BCUT2D eigenvalue weighted by molar-refractivity contribution is -0.0109. The maximum absolute atomic E-state index is 12.1. The molecule has 0 radical (unpaired) electrons. The smallest absolute Gasteiger partial charge is 0.251 e. The molecule has 1 aromatic rings. The van der Waals surface area contributed by atoms with Crippen LogP contribution in [0.3, 0.4) is 0 Å². The third-order valence-corrected chi connectivity index (χ3v) is 4.27. The van der Waals surface area contributed by atoms with E-state index in [0.717, 1.165) is 25.7 Å². The molecule has 0 spiro atoms. The summed E-state index contributed by atoms with van der Waals surface area (Å²) in [5.74, 6) is 0.439. The van der Waals surface area contributed by atoms with Gasteiger partial charge in [-0.15, -0.1) is 0 Å². The fraction of sp³-hybridized carbons (Fsp3) is 0.588. The predicted octanol–water partition coefficient (Wildman–Crippen LogP) is 2.92. The highest BCUT2D eigenvalue weighted by Gasteiger charge is 2.32. The van der Waals surface area contributed by atoms with E-state index in [1.807, 2.05) is 24.3 Å². The van der Waals surface area contributed by atoms with Crippen LogP contribution >= 0.6 is 0 Å². The summed E-state index contributed by atoms with van der Waals surface area (Å²) in [5, 5.41) is 13.4. The molecule has 2 rings (SSSR count). The van der Waals surface area contributed by atoms with Crippen LogP contribution in [0.2, 0.25) is 0 Å². The molecule has 110 valence electrons. The van der Waals surface area contributed by atoms with Crippen molar-refractivity contribution in [2.45, 2.75) is 51.6 Å². The number of hydrogen-bond donors (Lipinski definition) is 2. The highest BCUT2D eigenvalue weighted by atomic mass is 16.3.